The third-order valence-electron chi connectivity index (χ3n) is 4.11. The molecule has 110 valence electrons. The molecule has 1 aromatic rings. The summed E-state index contributed by atoms with van der Waals surface area (Å²) in [6.07, 6.45) is 2.25. The summed E-state index contributed by atoms with van der Waals surface area (Å²) in [7, 11) is 5.89. The number of hydrogen-bond donors (Lipinski definition) is 2. The molecule has 1 fully saturated rings. The van der Waals surface area contributed by atoms with Crippen molar-refractivity contribution in [2.75, 3.05) is 39.2 Å². The monoisotopic (exact) mass is 276 g/mol. The highest BCUT2D eigenvalue weighted by atomic mass is 16.5. The number of nitrogens with two attached hydrogens (primary N) is 1. The average molecular weight is 276 g/mol. The Kier molecular flexibility index (Phi) is 4.49. The molecular weight excluding hydrogens is 252 g/mol. The SMILES string of the molecule is COc1ccc(C(=N)N)c(N(C)C2CCN(C)CC2)c1. The van der Waals surface area contributed by atoms with Crippen LogP contribution in [0.15, 0.2) is 18.2 Å². The van der Waals surface area contributed by atoms with Gasteiger partial charge in [0.15, 0.2) is 0 Å². The number of nitrogens with zero attached hydrogens (tertiary/aromatic N) is 2. The Bertz CT molecular complexity index is 481. The first-order valence-electron chi connectivity index (χ1n) is 6.96. The number of hydrogen-bond acceptors (Lipinski definition) is 4. The van der Waals surface area contributed by atoms with Gasteiger partial charge in [0.25, 0.3) is 0 Å². The Balaban J connectivity index is 2.27. The summed E-state index contributed by atoms with van der Waals surface area (Å²) in [4.78, 5) is 4.59. The molecule has 1 aliphatic rings. The van der Waals surface area contributed by atoms with Crippen molar-refractivity contribution in [3.8, 4) is 5.75 Å². The predicted molar refractivity (Wildman–Crippen MR) is 82.9 cm³/mol. The molecule has 1 saturated heterocycles. The van der Waals surface area contributed by atoms with Crippen LogP contribution in [0.25, 0.3) is 0 Å². The smallest absolute Gasteiger partial charge is 0.124 e. The largest absolute Gasteiger partial charge is 0.497 e. The van der Waals surface area contributed by atoms with Crippen LogP contribution in [0.2, 0.25) is 0 Å². The first-order chi connectivity index (χ1) is 9.52. The van der Waals surface area contributed by atoms with E-state index in [0.29, 0.717) is 6.04 Å². The van der Waals surface area contributed by atoms with Gasteiger partial charge in [-0.05, 0) is 45.1 Å². The molecule has 0 saturated carbocycles. The normalized spacial score (nSPS) is 16.9. The van der Waals surface area contributed by atoms with E-state index in [2.05, 4.69) is 23.9 Å². The minimum atomic E-state index is 0.0995. The lowest BCUT2D eigenvalue weighted by atomic mass is 10.0. The molecule has 0 unspecified atom stereocenters. The van der Waals surface area contributed by atoms with Crippen LogP contribution < -0.4 is 15.4 Å². The van der Waals surface area contributed by atoms with Gasteiger partial charge in [0.05, 0.1) is 12.8 Å². The molecule has 0 aromatic heterocycles. The second-order valence-electron chi connectivity index (χ2n) is 5.44. The van der Waals surface area contributed by atoms with Crippen molar-refractivity contribution >= 4 is 11.5 Å². The second kappa shape index (κ2) is 6.13. The number of methoxy groups -OCH3 is 1. The summed E-state index contributed by atoms with van der Waals surface area (Å²) in [6.45, 7) is 2.21. The maximum atomic E-state index is 7.75. The van der Waals surface area contributed by atoms with E-state index in [0.717, 1.165) is 42.9 Å². The number of piperidine rings is 1. The quantitative estimate of drug-likeness (QED) is 0.646. The summed E-state index contributed by atoms with van der Waals surface area (Å²) in [5.74, 6) is 0.896. The fraction of sp³-hybridized carbons (Fsp3) is 0.533. The standard InChI is InChI=1S/C15H24N4O/c1-18-8-6-11(7-9-18)19(2)14-10-12(20-3)4-5-13(14)15(16)17/h4-5,10-11H,6-9H2,1-3H3,(H3,16,17). The van der Waals surface area contributed by atoms with Gasteiger partial charge in [-0.15, -0.1) is 0 Å². The number of amidine groups is 1. The number of nitrogen functional groups attached to an aromatic ring is 1. The molecule has 1 aliphatic heterocycles. The Labute approximate surface area is 120 Å². The van der Waals surface area contributed by atoms with Gasteiger partial charge >= 0.3 is 0 Å². The molecule has 0 amide bonds. The summed E-state index contributed by atoms with van der Waals surface area (Å²) in [6, 6.07) is 6.16. The van der Waals surface area contributed by atoms with Gasteiger partial charge in [0, 0.05) is 24.7 Å². The second-order valence-corrected chi connectivity index (χ2v) is 5.44. The molecule has 5 nitrogen and oxygen atoms in total. The van der Waals surface area contributed by atoms with Crippen molar-refractivity contribution in [2.24, 2.45) is 5.73 Å². The molecule has 20 heavy (non-hydrogen) atoms. The van der Waals surface area contributed by atoms with Crippen LogP contribution in [0.4, 0.5) is 5.69 Å². The maximum Gasteiger partial charge on any atom is 0.124 e. The van der Waals surface area contributed by atoms with Crippen molar-refractivity contribution in [1.29, 1.82) is 5.41 Å². The fourth-order valence-electron chi connectivity index (χ4n) is 2.74. The number of anilines is 1. The summed E-state index contributed by atoms with van der Waals surface area (Å²) in [5.41, 5.74) is 7.45. The van der Waals surface area contributed by atoms with Crippen LogP contribution in [0.1, 0.15) is 18.4 Å². The zero-order valence-corrected chi connectivity index (χ0v) is 12.5. The Morgan fingerprint density at radius 3 is 2.60 bits per heavy atom. The highest BCUT2D eigenvalue weighted by molar-refractivity contribution is 6.00. The van der Waals surface area contributed by atoms with Crippen LogP contribution in [-0.4, -0.2) is 51.1 Å². The van der Waals surface area contributed by atoms with Crippen LogP contribution >= 0.6 is 0 Å². The lowest BCUT2D eigenvalue weighted by molar-refractivity contribution is 0.253. The van der Waals surface area contributed by atoms with Gasteiger partial charge < -0.3 is 20.3 Å². The van der Waals surface area contributed by atoms with E-state index in [1.807, 2.05) is 18.2 Å². The van der Waals surface area contributed by atoms with Gasteiger partial charge in [-0.2, -0.15) is 0 Å². The first kappa shape index (κ1) is 14.7. The number of nitrogens with one attached hydrogen (secondary N) is 1. The van der Waals surface area contributed by atoms with E-state index >= 15 is 0 Å². The summed E-state index contributed by atoms with van der Waals surface area (Å²) in [5, 5.41) is 7.75. The number of benzene rings is 1. The van der Waals surface area contributed by atoms with Crippen molar-refractivity contribution < 1.29 is 4.74 Å². The highest BCUT2D eigenvalue weighted by Gasteiger charge is 2.23. The minimum Gasteiger partial charge on any atom is -0.497 e. The number of rotatable bonds is 4. The van der Waals surface area contributed by atoms with E-state index in [-0.39, 0.29) is 5.84 Å². The molecule has 0 atom stereocenters. The van der Waals surface area contributed by atoms with Gasteiger partial charge in [-0.3, -0.25) is 5.41 Å². The Morgan fingerprint density at radius 1 is 1.40 bits per heavy atom. The zero-order chi connectivity index (χ0) is 14.7. The predicted octanol–water partition coefficient (Wildman–Crippen LogP) is 1.51. The van der Waals surface area contributed by atoms with Crippen molar-refractivity contribution in [1.82, 2.24) is 4.90 Å². The summed E-state index contributed by atoms with van der Waals surface area (Å²) < 4.78 is 5.30. The van der Waals surface area contributed by atoms with Gasteiger partial charge in [-0.25, -0.2) is 0 Å². The van der Waals surface area contributed by atoms with Crippen LogP contribution in [0.5, 0.6) is 5.75 Å². The zero-order valence-electron chi connectivity index (χ0n) is 12.5. The molecular formula is C15H24N4O. The summed E-state index contributed by atoms with van der Waals surface area (Å²) >= 11 is 0. The van der Waals surface area contributed by atoms with Crippen LogP contribution in [-0.2, 0) is 0 Å². The van der Waals surface area contributed by atoms with E-state index in [1.165, 1.54) is 0 Å². The van der Waals surface area contributed by atoms with E-state index < -0.39 is 0 Å². The molecule has 3 N–H and O–H groups in total. The lowest BCUT2D eigenvalue weighted by Gasteiger charge is -2.37. The van der Waals surface area contributed by atoms with Crippen molar-refractivity contribution in [3.05, 3.63) is 23.8 Å². The molecule has 2 rings (SSSR count). The topological polar surface area (TPSA) is 65.6 Å². The molecule has 0 radical (unpaired) electrons. The first-order valence-corrected chi connectivity index (χ1v) is 6.96. The third-order valence-corrected chi connectivity index (χ3v) is 4.11. The van der Waals surface area contributed by atoms with E-state index in [4.69, 9.17) is 15.9 Å². The molecule has 0 spiro atoms. The van der Waals surface area contributed by atoms with Crippen molar-refractivity contribution in [3.63, 3.8) is 0 Å². The number of ether oxygens (including phenoxy) is 1. The highest BCUT2D eigenvalue weighted by Crippen LogP contribution is 2.29. The van der Waals surface area contributed by atoms with Crippen LogP contribution in [0, 0.1) is 5.41 Å². The Morgan fingerprint density at radius 2 is 2.05 bits per heavy atom. The molecule has 0 bridgehead atoms. The average Bonchev–Trinajstić information content (AvgIpc) is 2.46. The van der Waals surface area contributed by atoms with Crippen molar-refractivity contribution in [2.45, 2.75) is 18.9 Å². The molecule has 1 heterocycles. The van der Waals surface area contributed by atoms with Crippen LogP contribution in [0.3, 0.4) is 0 Å². The van der Waals surface area contributed by atoms with Gasteiger partial charge in [0.1, 0.15) is 11.6 Å². The molecule has 5 heteroatoms. The number of likely N-dealkylation sites (tertiary alicyclic amines) is 1. The fourth-order valence-corrected chi connectivity index (χ4v) is 2.74. The van der Waals surface area contributed by atoms with Gasteiger partial charge in [0.2, 0.25) is 0 Å². The maximum absolute atomic E-state index is 7.75. The van der Waals surface area contributed by atoms with Gasteiger partial charge in [-0.1, -0.05) is 0 Å². The Hall–Kier alpha value is -1.75. The lowest BCUT2D eigenvalue weighted by Crippen LogP contribution is -2.42. The van der Waals surface area contributed by atoms with E-state index in [1.54, 1.807) is 7.11 Å². The molecule has 1 aromatic carbocycles. The molecule has 0 aliphatic carbocycles. The minimum absolute atomic E-state index is 0.0995. The third kappa shape index (κ3) is 3.04. The van der Waals surface area contributed by atoms with E-state index in [9.17, 15) is 0 Å².